The van der Waals surface area contributed by atoms with E-state index in [1.807, 2.05) is 6.07 Å². The lowest BCUT2D eigenvalue weighted by Crippen LogP contribution is -2.57. The third-order valence-electron chi connectivity index (χ3n) is 6.92. The van der Waals surface area contributed by atoms with Crippen LogP contribution in [-0.2, 0) is 48.1 Å². The lowest BCUT2D eigenvalue weighted by Gasteiger charge is -2.24. The SMILES string of the molecule is COC(=O)[C@@H]1Cc2ccc(cc2)Oc2cc(ccc2OC)C[C@H](NC(=O)OCc2ccccc2)C(=O)N[C@@H](CC(N)=O)C(=O)N1. The lowest BCUT2D eigenvalue weighted by molar-refractivity contribution is -0.145. The molecule has 13 heteroatoms. The Morgan fingerprint density at radius 2 is 1.62 bits per heavy atom. The van der Waals surface area contributed by atoms with Gasteiger partial charge in [0.05, 0.1) is 20.6 Å². The highest BCUT2D eigenvalue weighted by atomic mass is 16.5. The van der Waals surface area contributed by atoms with Crippen LogP contribution in [0.2, 0.25) is 0 Å². The van der Waals surface area contributed by atoms with Crippen molar-refractivity contribution < 1.29 is 42.9 Å². The van der Waals surface area contributed by atoms with E-state index in [0.29, 0.717) is 28.4 Å². The minimum atomic E-state index is -1.47. The van der Waals surface area contributed by atoms with Gasteiger partial charge in [0.15, 0.2) is 11.5 Å². The molecule has 0 aliphatic carbocycles. The van der Waals surface area contributed by atoms with Crippen LogP contribution in [-0.4, -0.2) is 62.1 Å². The smallest absolute Gasteiger partial charge is 0.408 e. The number of primary amides is 1. The Morgan fingerprint density at radius 3 is 2.29 bits per heavy atom. The summed E-state index contributed by atoms with van der Waals surface area (Å²) in [5, 5.41) is 7.58. The molecular formula is C32H34N4O9. The van der Waals surface area contributed by atoms with Gasteiger partial charge < -0.3 is 40.6 Å². The fourth-order valence-electron chi connectivity index (χ4n) is 4.63. The molecule has 0 unspecified atom stereocenters. The molecule has 4 bridgehead atoms. The van der Waals surface area contributed by atoms with Crippen molar-refractivity contribution in [3.05, 3.63) is 89.5 Å². The first-order valence-electron chi connectivity index (χ1n) is 14.0. The molecule has 45 heavy (non-hydrogen) atoms. The molecule has 2 aliphatic rings. The zero-order chi connectivity index (χ0) is 32.3. The number of amides is 4. The van der Waals surface area contributed by atoms with Gasteiger partial charge in [0.1, 0.15) is 30.5 Å². The first kappa shape index (κ1) is 32.3. The molecule has 13 nitrogen and oxygen atoms in total. The first-order chi connectivity index (χ1) is 21.6. The third kappa shape index (κ3) is 9.20. The van der Waals surface area contributed by atoms with Crippen molar-refractivity contribution in [3.63, 3.8) is 0 Å². The van der Waals surface area contributed by atoms with Gasteiger partial charge in [-0.05, 0) is 41.0 Å². The number of rotatable bonds is 7. The summed E-state index contributed by atoms with van der Waals surface area (Å²) >= 11 is 0. The lowest BCUT2D eigenvalue weighted by atomic mass is 10.0. The minimum Gasteiger partial charge on any atom is -0.493 e. The van der Waals surface area contributed by atoms with Crippen LogP contribution in [0.5, 0.6) is 17.2 Å². The maximum absolute atomic E-state index is 13.6. The first-order valence-corrected chi connectivity index (χ1v) is 14.0. The standard InChI is InChI=1S/C32H34N4O9/c1-42-26-13-10-21-15-23(36-32(41)44-18-20-6-4-3-5-7-20)29(38)34-24(17-28(33)37)30(39)35-25(31(40)43-2)14-19-8-11-22(12-9-19)45-27(26)16-21/h3-13,16,23-25H,14-15,17-18H2,1-2H3,(H2,33,37)(H,34,38)(H,35,39)(H,36,41)/t23-,24-,25-/m0/s1. The van der Waals surface area contributed by atoms with E-state index in [1.54, 1.807) is 66.7 Å². The second-order valence-corrected chi connectivity index (χ2v) is 10.2. The van der Waals surface area contributed by atoms with Gasteiger partial charge in [-0.25, -0.2) is 9.59 Å². The highest BCUT2D eigenvalue weighted by Gasteiger charge is 2.32. The van der Waals surface area contributed by atoms with Gasteiger partial charge in [-0.2, -0.15) is 0 Å². The molecule has 3 aromatic carbocycles. The molecule has 0 aromatic heterocycles. The van der Waals surface area contributed by atoms with Crippen LogP contribution in [0, 0.1) is 0 Å². The van der Waals surface area contributed by atoms with E-state index >= 15 is 0 Å². The van der Waals surface area contributed by atoms with Crippen molar-refractivity contribution >= 4 is 29.8 Å². The van der Waals surface area contributed by atoms with E-state index in [0.717, 1.165) is 5.56 Å². The van der Waals surface area contributed by atoms with Crippen LogP contribution < -0.4 is 31.2 Å². The number of esters is 1. The fourth-order valence-corrected chi connectivity index (χ4v) is 4.63. The summed E-state index contributed by atoms with van der Waals surface area (Å²) in [6.45, 7) is -0.0538. The summed E-state index contributed by atoms with van der Waals surface area (Å²) in [5.41, 5.74) is 7.36. The van der Waals surface area contributed by atoms with Gasteiger partial charge in [0.25, 0.3) is 0 Å². The second-order valence-electron chi connectivity index (χ2n) is 10.2. The molecule has 0 saturated carbocycles. The molecule has 5 N–H and O–H groups in total. The highest BCUT2D eigenvalue weighted by Crippen LogP contribution is 2.33. The number of alkyl carbamates (subject to hydrolysis) is 1. The average molecular weight is 619 g/mol. The Hall–Kier alpha value is -5.59. The number of nitrogens with one attached hydrogen (secondary N) is 3. The number of methoxy groups -OCH3 is 2. The summed E-state index contributed by atoms with van der Waals surface area (Å²) in [6, 6.07) is 16.8. The summed E-state index contributed by atoms with van der Waals surface area (Å²) in [6.07, 6.45) is -1.50. The van der Waals surface area contributed by atoms with Crippen LogP contribution in [0.1, 0.15) is 23.1 Å². The van der Waals surface area contributed by atoms with E-state index in [4.69, 9.17) is 24.7 Å². The Morgan fingerprint density at radius 1 is 0.911 bits per heavy atom. The molecule has 236 valence electrons. The maximum atomic E-state index is 13.6. The Balaban J connectivity index is 1.69. The predicted octanol–water partition coefficient (Wildman–Crippen LogP) is 1.90. The Labute approximate surface area is 259 Å². The number of ether oxygens (including phenoxy) is 4. The van der Waals surface area contributed by atoms with Gasteiger partial charge >= 0.3 is 12.1 Å². The molecule has 0 saturated heterocycles. The molecule has 2 aliphatic heterocycles. The number of fused-ring (bicyclic) bond motifs is 10. The number of carbonyl (C=O) groups excluding carboxylic acids is 5. The average Bonchev–Trinajstić information content (AvgIpc) is 3.03. The fraction of sp³-hybridized carbons (Fsp3) is 0.281. The molecule has 0 fully saturated rings. The number of carbonyl (C=O) groups is 5. The van der Waals surface area contributed by atoms with E-state index in [9.17, 15) is 24.0 Å². The predicted molar refractivity (Wildman–Crippen MR) is 160 cm³/mol. The number of benzene rings is 3. The monoisotopic (exact) mass is 618 g/mol. The van der Waals surface area contributed by atoms with Gasteiger partial charge in [-0.1, -0.05) is 48.5 Å². The Kier molecular flexibility index (Phi) is 10.9. The van der Waals surface area contributed by atoms with E-state index in [1.165, 1.54) is 14.2 Å². The summed E-state index contributed by atoms with van der Waals surface area (Å²) < 4.78 is 21.7. The van der Waals surface area contributed by atoms with E-state index in [2.05, 4.69) is 16.0 Å². The highest BCUT2D eigenvalue weighted by molar-refractivity contribution is 5.95. The van der Waals surface area contributed by atoms with Gasteiger partial charge in [0.2, 0.25) is 17.7 Å². The molecule has 3 atom stereocenters. The van der Waals surface area contributed by atoms with Crippen molar-refractivity contribution in [2.45, 2.75) is 44.0 Å². The van der Waals surface area contributed by atoms with Crippen molar-refractivity contribution in [1.29, 1.82) is 0 Å². The van der Waals surface area contributed by atoms with Crippen molar-refractivity contribution in [3.8, 4) is 17.2 Å². The zero-order valence-corrected chi connectivity index (χ0v) is 24.7. The Bertz CT molecular complexity index is 1530. The normalized spacial score (nSPS) is 18.3. The van der Waals surface area contributed by atoms with Gasteiger partial charge in [-0.3, -0.25) is 14.4 Å². The van der Waals surface area contributed by atoms with Crippen LogP contribution in [0.15, 0.2) is 72.8 Å². The number of hydrogen-bond acceptors (Lipinski definition) is 9. The molecule has 4 amide bonds. The van der Waals surface area contributed by atoms with Crippen LogP contribution in [0.25, 0.3) is 0 Å². The molecule has 0 radical (unpaired) electrons. The third-order valence-corrected chi connectivity index (χ3v) is 6.92. The van der Waals surface area contributed by atoms with Crippen LogP contribution in [0.4, 0.5) is 4.79 Å². The minimum absolute atomic E-state index is 0.0339. The summed E-state index contributed by atoms with van der Waals surface area (Å²) in [7, 11) is 2.65. The molecular weight excluding hydrogens is 584 g/mol. The van der Waals surface area contributed by atoms with E-state index < -0.39 is 54.3 Å². The van der Waals surface area contributed by atoms with Gasteiger partial charge in [-0.15, -0.1) is 0 Å². The molecule has 5 rings (SSSR count). The molecule has 3 aromatic rings. The zero-order valence-electron chi connectivity index (χ0n) is 24.7. The number of hydrogen-bond donors (Lipinski definition) is 4. The van der Waals surface area contributed by atoms with Crippen LogP contribution >= 0.6 is 0 Å². The summed E-state index contributed by atoms with van der Waals surface area (Å²) in [4.78, 5) is 64.3. The quantitative estimate of drug-likeness (QED) is 0.287. The summed E-state index contributed by atoms with van der Waals surface area (Å²) in [5.74, 6) is -2.07. The second kappa shape index (κ2) is 15.2. The van der Waals surface area contributed by atoms with Gasteiger partial charge in [0, 0.05) is 12.8 Å². The largest absolute Gasteiger partial charge is 0.493 e. The topological polar surface area (TPSA) is 184 Å². The number of nitrogens with two attached hydrogens (primary N) is 1. The van der Waals surface area contributed by atoms with Crippen LogP contribution in [0.3, 0.4) is 0 Å². The van der Waals surface area contributed by atoms with E-state index in [-0.39, 0.29) is 19.4 Å². The van der Waals surface area contributed by atoms with Crippen molar-refractivity contribution in [1.82, 2.24) is 16.0 Å². The molecule has 2 heterocycles. The van der Waals surface area contributed by atoms with Crippen molar-refractivity contribution in [2.75, 3.05) is 14.2 Å². The molecule has 0 spiro atoms. The maximum Gasteiger partial charge on any atom is 0.408 e. The van der Waals surface area contributed by atoms with Crippen molar-refractivity contribution in [2.24, 2.45) is 5.73 Å².